The maximum Gasteiger partial charge on any atom is 0.223 e. The van der Waals surface area contributed by atoms with Crippen LogP contribution >= 0.6 is 0 Å². The molecule has 1 atom stereocenters. The number of aliphatic hydroxyl groups is 1. The van der Waals surface area contributed by atoms with Crippen LogP contribution in [0, 0.1) is 0 Å². The van der Waals surface area contributed by atoms with Gasteiger partial charge in [0.2, 0.25) is 5.91 Å². The Labute approximate surface area is 149 Å². The molecule has 2 aliphatic heterocycles. The number of amides is 1. The molecule has 3 rings (SSSR count). The molecule has 0 aromatic carbocycles. The molecule has 0 spiro atoms. The molecule has 0 bridgehead atoms. The van der Waals surface area contributed by atoms with Crippen LogP contribution in [0.5, 0.6) is 0 Å². The molecular formula is C17H30N6O2. The van der Waals surface area contributed by atoms with Crippen LogP contribution in [0.4, 0.5) is 0 Å². The van der Waals surface area contributed by atoms with Crippen molar-refractivity contribution in [3.05, 3.63) is 11.6 Å². The van der Waals surface area contributed by atoms with E-state index in [4.69, 9.17) is 5.73 Å². The van der Waals surface area contributed by atoms with Crippen molar-refractivity contribution < 1.29 is 9.90 Å². The summed E-state index contributed by atoms with van der Waals surface area (Å²) >= 11 is 0. The highest BCUT2D eigenvalue weighted by Gasteiger charge is 2.28. The first kappa shape index (κ1) is 18.3. The van der Waals surface area contributed by atoms with Gasteiger partial charge in [-0.25, -0.2) is 0 Å². The van der Waals surface area contributed by atoms with E-state index in [0.717, 1.165) is 63.5 Å². The largest absolute Gasteiger partial charge is 0.393 e. The van der Waals surface area contributed by atoms with Crippen molar-refractivity contribution in [3.63, 3.8) is 0 Å². The zero-order chi connectivity index (χ0) is 17.8. The quantitative estimate of drug-likeness (QED) is 0.764. The van der Waals surface area contributed by atoms with Gasteiger partial charge < -0.3 is 20.3 Å². The van der Waals surface area contributed by atoms with Crippen LogP contribution in [0.15, 0.2) is 0 Å². The van der Waals surface area contributed by atoms with Crippen LogP contribution in [0.3, 0.4) is 0 Å². The summed E-state index contributed by atoms with van der Waals surface area (Å²) < 4.78 is 2.09. The summed E-state index contributed by atoms with van der Waals surface area (Å²) in [7, 11) is 2.02. The van der Waals surface area contributed by atoms with E-state index in [2.05, 4.69) is 19.7 Å². The highest BCUT2D eigenvalue weighted by molar-refractivity contribution is 5.76. The molecule has 2 saturated heterocycles. The fourth-order valence-electron chi connectivity index (χ4n) is 3.84. The number of hydrogen-bond donors (Lipinski definition) is 2. The zero-order valence-electron chi connectivity index (χ0n) is 15.1. The first-order chi connectivity index (χ1) is 12.1. The van der Waals surface area contributed by atoms with Crippen LogP contribution in [-0.4, -0.2) is 74.4 Å². The fraction of sp³-hybridized carbons (Fsp3) is 0.824. The molecule has 1 unspecified atom stereocenters. The highest BCUT2D eigenvalue weighted by atomic mass is 16.3. The third-order valence-electron chi connectivity index (χ3n) is 5.42. The smallest absolute Gasteiger partial charge is 0.223 e. The van der Waals surface area contributed by atoms with E-state index in [-0.39, 0.29) is 17.9 Å². The van der Waals surface area contributed by atoms with Crippen LogP contribution in [0.25, 0.3) is 0 Å². The summed E-state index contributed by atoms with van der Waals surface area (Å²) in [6.07, 6.45) is 3.93. The Morgan fingerprint density at radius 2 is 2.00 bits per heavy atom. The number of aliphatic hydroxyl groups excluding tert-OH is 1. The molecule has 1 amide bonds. The number of carbonyl (C=O) groups is 1. The molecule has 8 heteroatoms. The van der Waals surface area contributed by atoms with Crippen LogP contribution < -0.4 is 5.73 Å². The number of hydrogen-bond acceptors (Lipinski definition) is 6. The maximum absolute atomic E-state index is 12.1. The van der Waals surface area contributed by atoms with Gasteiger partial charge in [-0.05, 0) is 25.7 Å². The molecule has 0 saturated carbocycles. The lowest BCUT2D eigenvalue weighted by molar-refractivity contribution is -0.132. The lowest BCUT2D eigenvalue weighted by Crippen LogP contribution is -2.40. The Hall–Kier alpha value is -1.51. The Balaban J connectivity index is 1.63. The van der Waals surface area contributed by atoms with Gasteiger partial charge in [0.1, 0.15) is 11.6 Å². The molecule has 0 aliphatic carbocycles. The van der Waals surface area contributed by atoms with Gasteiger partial charge in [0, 0.05) is 52.1 Å². The molecule has 2 aliphatic rings. The third kappa shape index (κ3) is 4.37. The lowest BCUT2D eigenvalue weighted by Gasteiger charge is -2.32. The summed E-state index contributed by atoms with van der Waals surface area (Å²) in [5.41, 5.74) is 5.51. The monoisotopic (exact) mass is 350 g/mol. The fourth-order valence-corrected chi connectivity index (χ4v) is 3.84. The summed E-state index contributed by atoms with van der Waals surface area (Å²) in [4.78, 5) is 16.4. The Morgan fingerprint density at radius 3 is 2.72 bits per heavy atom. The SMILES string of the molecule is Cn1c(CN2CCC(O)CC2)nnc1C1CCCN(C(=O)CCN)C1. The van der Waals surface area contributed by atoms with E-state index >= 15 is 0 Å². The average molecular weight is 350 g/mol. The van der Waals surface area contributed by atoms with Crippen molar-refractivity contribution in [2.75, 3.05) is 32.7 Å². The average Bonchev–Trinajstić information content (AvgIpc) is 2.98. The van der Waals surface area contributed by atoms with Gasteiger partial charge in [0.25, 0.3) is 0 Å². The van der Waals surface area contributed by atoms with Crippen LogP contribution in [-0.2, 0) is 18.4 Å². The second-order valence-corrected chi connectivity index (χ2v) is 7.26. The van der Waals surface area contributed by atoms with E-state index in [0.29, 0.717) is 19.5 Å². The van der Waals surface area contributed by atoms with Gasteiger partial charge >= 0.3 is 0 Å². The Kier molecular flexibility index (Phi) is 6.03. The van der Waals surface area contributed by atoms with Crippen molar-refractivity contribution in [1.82, 2.24) is 24.6 Å². The number of nitrogens with zero attached hydrogens (tertiary/aromatic N) is 5. The second-order valence-electron chi connectivity index (χ2n) is 7.26. The van der Waals surface area contributed by atoms with Gasteiger partial charge in [-0.3, -0.25) is 9.69 Å². The second kappa shape index (κ2) is 8.25. The molecule has 140 valence electrons. The summed E-state index contributed by atoms with van der Waals surface area (Å²) in [5, 5.41) is 18.5. The number of nitrogens with two attached hydrogens (primary N) is 1. The number of rotatable bonds is 5. The first-order valence-corrected chi connectivity index (χ1v) is 9.35. The van der Waals surface area contributed by atoms with E-state index in [1.807, 2.05) is 11.9 Å². The number of piperidine rings is 2. The molecule has 3 heterocycles. The van der Waals surface area contributed by atoms with E-state index in [1.165, 1.54) is 0 Å². The van der Waals surface area contributed by atoms with Gasteiger partial charge in [-0.15, -0.1) is 10.2 Å². The molecule has 1 aromatic heterocycles. The summed E-state index contributed by atoms with van der Waals surface area (Å²) in [5.74, 6) is 2.31. The minimum atomic E-state index is -0.161. The molecular weight excluding hydrogens is 320 g/mol. The third-order valence-corrected chi connectivity index (χ3v) is 5.42. The number of likely N-dealkylation sites (tertiary alicyclic amines) is 2. The first-order valence-electron chi connectivity index (χ1n) is 9.35. The number of aromatic nitrogens is 3. The standard InChI is InChI=1S/C17H30N6O2/c1-21-15(12-22-9-5-14(24)6-10-22)19-20-17(21)13-3-2-8-23(11-13)16(25)4-7-18/h13-14,24H,2-12,18H2,1H3. The van der Waals surface area contributed by atoms with Crippen molar-refractivity contribution in [2.45, 2.75) is 50.7 Å². The summed E-state index contributed by atoms with van der Waals surface area (Å²) in [6, 6.07) is 0. The van der Waals surface area contributed by atoms with Crippen LogP contribution in [0.1, 0.15) is 49.7 Å². The van der Waals surface area contributed by atoms with Gasteiger partial charge in [0.15, 0.2) is 0 Å². The normalized spacial score (nSPS) is 23.2. The van der Waals surface area contributed by atoms with E-state index in [9.17, 15) is 9.90 Å². The maximum atomic E-state index is 12.1. The van der Waals surface area contributed by atoms with Gasteiger partial charge in [-0.1, -0.05) is 0 Å². The zero-order valence-corrected chi connectivity index (χ0v) is 15.1. The molecule has 25 heavy (non-hydrogen) atoms. The molecule has 0 radical (unpaired) electrons. The van der Waals surface area contributed by atoms with Crippen molar-refractivity contribution in [3.8, 4) is 0 Å². The van der Waals surface area contributed by atoms with Gasteiger partial charge in [0.05, 0.1) is 12.6 Å². The minimum Gasteiger partial charge on any atom is -0.393 e. The predicted molar refractivity (Wildman–Crippen MR) is 93.7 cm³/mol. The Morgan fingerprint density at radius 1 is 1.24 bits per heavy atom. The van der Waals surface area contributed by atoms with E-state index in [1.54, 1.807) is 0 Å². The number of carbonyl (C=O) groups excluding carboxylic acids is 1. The lowest BCUT2D eigenvalue weighted by atomic mass is 9.97. The highest BCUT2D eigenvalue weighted by Crippen LogP contribution is 2.26. The van der Waals surface area contributed by atoms with Gasteiger partial charge in [-0.2, -0.15) is 0 Å². The summed E-state index contributed by atoms with van der Waals surface area (Å²) in [6.45, 7) is 4.48. The van der Waals surface area contributed by atoms with Crippen molar-refractivity contribution >= 4 is 5.91 Å². The molecule has 2 fully saturated rings. The molecule has 1 aromatic rings. The van der Waals surface area contributed by atoms with Crippen LogP contribution in [0.2, 0.25) is 0 Å². The Bertz CT molecular complexity index is 582. The minimum absolute atomic E-state index is 0.140. The van der Waals surface area contributed by atoms with Crippen molar-refractivity contribution in [1.29, 1.82) is 0 Å². The topological polar surface area (TPSA) is 101 Å². The van der Waals surface area contributed by atoms with Crippen molar-refractivity contribution in [2.24, 2.45) is 12.8 Å². The molecule has 3 N–H and O–H groups in total. The molecule has 8 nitrogen and oxygen atoms in total. The predicted octanol–water partition coefficient (Wildman–Crippen LogP) is -0.173. The van der Waals surface area contributed by atoms with E-state index < -0.39 is 0 Å².